The molecular weight excluding hydrogens is 408 g/mol. The Morgan fingerprint density at radius 2 is 2.06 bits per heavy atom. The van der Waals surface area contributed by atoms with Crippen LogP contribution in [0, 0.1) is 0 Å². The molecule has 3 N–H and O–H groups in total. The minimum atomic E-state index is -0.115. The highest BCUT2D eigenvalue weighted by molar-refractivity contribution is 5.88. The van der Waals surface area contributed by atoms with Crippen LogP contribution >= 0.6 is 0 Å². The Morgan fingerprint density at radius 3 is 2.81 bits per heavy atom. The summed E-state index contributed by atoms with van der Waals surface area (Å²) < 4.78 is 17.5. The molecule has 1 heterocycles. The Labute approximate surface area is 189 Å². The minimum Gasteiger partial charge on any atom is -0.494 e. The van der Waals surface area contributed by atoms with Gasteiger partial charge in [0.25, 0.3) is 0 Å². The molecule has 0 aliphatic carbocycles. The molecule has 0 aromatic heterocycles. The lowest BCUT2D eigenvalue weighted by Gasteiger charge is -2.16. The molecule has 0 fully saturated rings. The number of fused-ring (bicyclic) bond motifs is 1. The Hall–Kier alpha value is -3.42. The first-order valence-corrected chi connectivity index (χ1v) is 10.9. The number of rotatable bonds is 9. The minimum absolute atomic E-state index is 0.115. The van der Waals surface area contributed by atoms with E-state index >= 15 is 0 Å². The number of benzene rings is 2. The number of aliphatic imine (C=N–C) groups is 1. The molecule has 172 valence electrons. The van der Waals surface area contributed by atoms with Crippen LogP contribution in [-0.2, 0) is 17.8 Å². The molecule has 1 unspecified atom stereocenters. The Balaban J connectivity index is 1.49. The van der Waals surface area contributed by atoms with Crippen LogP contribution in [0.3, 0.4) is 0 Å². The van der Waals surface area contributed by atoms with Crippen LogP contribution in [0.15, 0.2) is 41.4 Å². The third-order valence-electron chi connectivity index (χ3n) is 4.87. The van der Waals surface area contributed by atoms with E-state index in [0.29, 0.717) is 43.7 Å². The molecule has 2 aromatic carbocycles. The van der Waals surface area contributed by atoms with Gasteiger partial charge in [0.2, 0.25) is 5.91 Å². The van der Waals surface area contributed by atoms with Crippen molar-refractivity contribution in [1.29, 1.82) is 0 Å². The van der Waals surface area contributed by atoms with Crippen LogP contribution in [0.4, 0.5) is 5.69 Å². The average Bonchev–Trinajstić information content (AvgIpc) is 3.12. The molecule has 1 aliphatic heterocycles. The third kappa shape index (κ3) is 6.54. The quantitative estimate of drug-likeness (QED) is 0.315. The van der Waals surface area contributed by atoms with Crippen molar-refractivity contribution >= 4 is 17.6 Å². The van der Waals surface area contributed by atoms with Crippen LogP contribution in [0.2, 0.25) is 0 Å². The Bertz CT molecular complexity index is 961. The highest BCUT2D eigenvalue weighted by Gasteiger charge is 2.21. The molecule has 2 aromatic rings. The van der Waals surface area contributed by atoms with Gasteiger partial charge in [0.1, 0.15) is 30.0 Å². The second kappa shape index (κ2) is 11.3. The van der Waals surface area contributed by atoms with Gasteiger partial charge >= 0.3 is 0 Å². The van der Waals surface area contributed by atoms with Gasteiger partial charge in [-0.05, 0) is 38.1 Å². The van der Waals surface area contributed by atoms with Crippen LogP contribution in [0.5, 0.6) is 17.2 Å². The molecule has 0 spiro atoms. The molecule has 8 heteroatoms. The summed E-state index contributed by atoms with van der Waals surface area (Å²) in [5, 5.41) is 9.30. The van der Waals surface area contributed by atoms with Crippen LogP contribution in [0.1, 0.15) is 31.9 Å². The van der Waals surface area contributed by atoms with Crippen LogP contribution in [-0.4, -0.2) is 44.8 Å². The Kier molecular flexibility index (Phi) is 8.19. The maximum Gasteiger partial charge on any atom is 0.221 e. The van der Waals surface area contributed by atoms with E-state index in [-0.39, 0.29) is 12.0 Å². The topological polar surface area (TPSA) is 93.2 Å². The van der Waals surface area contributed by atoms with Crippen molar-refractivity contribution in [1.82, 2.24) is 10.6 Å². The summed E-state index contributed by atoms with van der Waals surface area (Å²) in [7, 11) is 1.73. The van der Waals surface area contributed by atoms with Gasteiger partial charge in [-0.25, -0.2) is 0 Å². The number of carbonyl (C=O) groups is 1. The van der Waals surface area contributed by atoms with Crippen molar-refractivity contribution in [2.24, 2.45) is 4.99 Å². The molecule has 32 heavy (non-hydrogen) atoms. The second-order valence-electron chi connectivity index (χ2n) is 7.54. The van der Waals surface area contributed by atoms with Crippen LogP contribution in [0.25, 0.3) is 0 Å². The SMILES string of the molecule is CCOc1cc2c(cc1CNC(=NC)NCCOc1cccc(NC(C)=O)c1)OC(C)C2. The largest absolute Gasteiger partial charge is 0.494 e. The fourth-order valence-corrected chi connectivity index (χ4v) is 3.51. The van der Waals surface area contributed by atoms with Crippen molar-refractivity contribution < 1.29 is 19.0 Å². The lowest BCUT2D eigenvalue weighted by atomic mass is 10.1. The third-order valence-corrected chi connectivity index (χ3v) is 4.87. The van der Waals surface area contributed by atoms with Crippen molar-refractivity contribution in [2.75, 3.05) is 32.1 Å². The van der Waals surface area contributed by atoms with E-state index in [1.807, 2.05) is 25.1 Å². The number of guanidine groups is 1. The molecule has 8 nitrogen and oxygen atoms in total. The highest BCUT2D eigenvalue weighted by Crippen LogP contribution is 2.35. The number of ether oxygens (including phenoxy) is 3. The first kappa shape index (κ1) is 23.2. The van der Waals surface area contributed by atoms with Gasteiger partial charge < -0.3 is 30.2 Å². The maximum atomic E-state index is 11.2. The van der Waals surface area contributed by atoms with Crippen molar-refractivity contribution in [3.63, 3.8) is 0 Å². The predicted molar refractivity (Wildman–Crippen MR) is 126 cm³/mol. The summed E-state index contributed by atoms with van der Waals surface area (Å²) in [6.07, 6.45) is 1.09. The monoisotopic (exact) mass is 440 g/mol. The number of hydrogen-bond donors (Lipinski definition) is 3. The number of nitrogens with one attached hydrogen (secondary N) is 3. The zero-order valence-corrected chi connectivity index (χ0v) is 19.2. The number of amides is 1. The number of anilines is 1. The van der Waals surface area contributed by atoms with E-state index in [1.54, 1.807) is 13.1 Å². The summed E-state index contributed by atoms with van der Waals surface area (Å²) in [4.78, 5) is 15.5. The van der Waals surface area contributed by atoms with E-state index in [1.165, 1.54) is 12.5 Å². The highest BCUT2D eigenvalue weighted by atomic mass is 16.5. The molecule has 3 rings (SSSR count). The number of hydrogen-bond acceptors (Lipinski definition) is 5. The lowest BCUT2D eigenvalue weighted by molar-refractivity contribution is -0.114. The van der Waals surface area contributed by atoms with E-state index < -0.39 is 0 Å². The smallest absolute Gasteiger partial charge is 0.221 e. The molecule has 0 saturated heterocycles. The molecule has 0 bridgehead atoms. The van der Waals surface area contributed by atoms with Gasteiger partial charge in [0, 0.05) is 49.8 Å². The zero-order valence-electron chi connectivity index (χ0n) is 19.2. The van der Waals surface area contributed by atoms with E-state index in [2.05, 4.69) is 40.0 Å². The van der Waals surface area contributed by atoms with Gasteiger partial charge in [-0.2, -0.15) is 0 Å². The van der Waals surface area contributed by atoms with E-state index in [0.717, 1.165) is 23.5 Å². The molecule has 1 atom stereocenters. The summed E-state index contributed by atoms with van der Waals surface area (Å²) in [5.41, 5.74) is 2.92. The molecular formula is C24H32N4O4. The number of carbonyl (C=O) groups excluding carboxylic acids is 1. The predicted octanol–water partition coefficient (Wildman–Crippen LogP) is 3.11. The maximum absolute atomic E-state index is 11.2. The first-order valence-electron chi connectivity index (χ1n) is 10.9. The van der Waals surface area contributed by atoms with Crippen molar-refractivity contribution in [3.8, 4) is 17.2 Å². The van der Waals surface area contributed by atoms with Gasteiger partial charge in [0.05, 0.1) is 13.2 Å². The molecule has 1 amide bonds. The fourth-order valence-electron chi connectivity index (χ4n) is 3.51. The first-order chi connectivity index (χ1) is 15.5. The normalized spacial score (nSPS) is 14.9. The average molecular weight is 441 g/mol. The van der Waals surface area contributed by atoms with E-state index in [4.69, 9.17) is 14.2 Å². The molecule has 0 radical (unpaired) electrons. The fraction of sp³-hybridized carbons (Fsp3) is 0.417. The summed E-state index contributed by atoms with van der Waals surface area (Å²) in [5.74, 6) is 3.04. The van der Waals surface area contributed by atoms with Gasteiger partial charge in [-0.1, -0.05) is 6.07 Å². The van der Waals surface area contributed by atoms with Crippen molar-refractivity contribution in [2.45, 2.75) is 39.8 Å². The van der Waals surface area contributed by atoms with Gasteiger partial charge in [0.15, 0.2) is 5.96 Å². The second-order valence-corrected chi connectivity index (χ2v) is 7.54. The Morgan fingerprint density at radius 1 is 1.22 bits per heavy atom. The lowest BCUT2D eigenvalue weighted by Crippen LogP contribution is -2.39. The van der Waals surface area contributed by atoms with Gasteiger partial charge in [-0.15, -0.1) is 0 Å². The van der Waals surface area contributed by atoms with E-state index in [9.17, 15) is 4.79 Å². The van der Waals surface area contributed by atoms with Gasteiger partial charge in [-0.3, -0.25) is 9.79 Å². The summed E-state index contributed by atoms with van der Waals surface area (Å²) in [6, 6.07) is 11.4. The standard InChI is InChI=1S/C24H32N4O4/c1-5-30-22-12-18-11-16(2)32-23(18)13-19(22)15-27-24(25-4)26-9-10-31-21-8-6-7-20(14-21)28-17(3)29/h6-8,12-14,16H,5,9-11,15H2,1-4H3,(H,28,29)(H2,25,26,27). The molecule has 0 saturated carbocycles. The zero-order chi connectivity index (χ0) is 22.9. The number of nitrogens with zero attached hydrogens (tertiary/aromatic N) is 1. The van der Waals surface area contributed by atoms with Crippen molar-refractivity contribution in [3.05, 3.63) is 47.5 Å². The summed E-state index contributed by atoms with van der Waals surface area (Å²) in [6.45, 7) is 7.70. The van der Waals surface area contributed by atoms with Crippen LogP contribution < -0.4 is 30.2 Å². The summed E-state index contributed by atoms with van der Waals surface area (Å²) >= 11 is 0. The molecule has 1 aliphatic rings.